The fraction of sp³-hybridized carbons (Fsp3) is 0.105. The fourth-order valence-corrected chi connectivity index (χ4v) is 3.56. The predicted octanol–water partition coefficient (Wildman–Crippen LogP) is 4.79. The summed E-state index contributed by atoms with van der Waals surface area (Å²) >= 11 is 13.2. The zero-order valence-electron chi connectivity index (χ0n) is 14.6. The molecule has 28 heavy (non-hydrogen) atoms. The molecule has 1 amide bonds. The van der Waals surface area contributed by atoms with Gasteiger partial charge in [-0.05, 0) is 36.6 Å². The summed E-state index contributed by atoms with van der Waals surface area (Å²) in [6.45, 7) is -0.293. The number of nitrogens with one attached hydrogen (secondary N) is 1. The molecule has 0 saturated heterocycles. The maximum atomic E-state index is 12.3. The van der Waals surface area contributed by atoms with Crippen LogP contribution >= 0.6 is 35.0 Å². The molecule has 2 aromatic carbocycles. The van der Waals surface area contributed by atoms with Crippen LogP contribution in [0.2, 0.25) is 10.0 Å². The number of hydrogen-bond acceptors (Lipinski definition) is 5. The molecule has 0 bridgehead atoms. The van der Waals surface area contributed by atoms with Gasteiger partial charge in [0.25, 0.3) is 5.91 Å². The van der Waals surface area contributed by atoms with Gasteiger partial charge in [-0.15, -0.1) is 16.9 Å². The molecule has 1 heterocycles. The average Bonchev–Trinajstić information content (AvgIpc) is 3.05. The lowest BCUT2D eigenvalue weighted by Crippen LogP contribution is -2.21. The van der Waals surface area contributed by atoms with E-state index in [1.165, 1.54) is 17.8 Å². The Hall–Kier alpha value is -2.66. The summed E-state index contributed by atoms with van der Waals surface area (Å²) in [4.78, 5) is 12.3. The monoisotopic (exact) mass is 432 g/mol. The summed E-state index contributed by atoms with van der Waals surface area (Å²) in [6, 6.07) is 16.2. The van der Waals surface area contributed by atoms with E-state index in [1.807, 2.05) is 36.6 Å². The number of para-hydroxylation sites is 1. The van der Waals surface area contributed by atoms with Crippen LogP contribution in [0.15, 0.2) is 53.6 Å². The molecule has 0 spiro atoms. The predicted molar refractivity (Wildman–Crippen MR) is 111 cm³/mol. The Kier molecular flexibility index (Phi) is 6.47. The second-order valence-corrected chi connectivity index (χ2v) is 7.14. The first-order valence-electron chi connectivity index (χ1n) is 8.03. The van der Waals surface area contributed by atoms with Crippen molar-refractivity contribution in [1.82, 2.24) is 9.78 Å². The molecule has 3 aromatic rings. The summed E-state index contributed by atoms with van der Waals surface area (Å²) in [5.74, 6) is 0.0423. The maximum absolute atomic E-state index is 12.3. The molecule has 0 unspecified atom stereocenters. The van der Waals surface area contributed by atoms with Crippen molar-refractivity contribution in [2.75, 3.05) is 18.2 Å². The first-order chi connectivity index (χ1) is 13.5. The lowest BCUT2D eigenvalue weighted by atomic mass is 10.3. The van der Waals surface area contributed by atoms with Crippen LogP contribution in [-0.4, -0.2) is 28.6 Å². The Morgan fingerprint density at radius 1 is 1.29 bits per heavy atom. The van der Waals surface area contributed by atoms with E-state index in [0.29, 0.717) is 20.8 Å². The zero-order valence-corrected chi connectivity index (χ0v) is 17.0. The lowest BCUT2D eigenvalue weighted by Gasteiger charge is -2.08. The summed E-state index contributed by atoms with van der Waals surface area (Å²) in [7, 11) is 0. The third-order valence-electron chi connectivity index (χ3n) is 3.66. The highest BCUT2D eigenvalue weighted by Crippen LogP contribution is 2.30. The van der Waals surface area contributed by atoms with Gasteiger partial charge in [-0.2, -0.15) is 5.26 Å². The van der Waals surface area contributed by atoms with E-state index in [2.05, 4.69) is 16.5 Å². The summed E-state index contributed by atoms with van der Waals surface area (Å²) in [6.07, 6.45) is 1.84. The zero-order chi connectivity index (χ0) is 20.1. The molecular weight excluding hydrogens is 419 g/mol. The first-order valence-corrected chi connectivity index (χ1v) is 10.0. The number of benzene rings is 2. The van der Waals surface area contributed by atoms with Crippen molar-refractivity contribution >= 4 is 46.7 Å². The smallest absolute Gasteiger partial charge is 0.263 e. The summed E-state index contributed by atoms with van der Waals surface area (Å²) in [5.41, 5.74) is 1.07. The number of carbonyl (C=O) groups excluding carboxylic acids is 1. The van der Waals surface area contributed by atoms with Gasteiger partial charge < -0.3 is 10.1 Å². The van der Waals surface area contributed by atoms with Crippen molar-refractivity contribution < 1.29 is 9.53 Å². The molecular formula is C19H14Cl2N4O2S. The highest BCUT2D eigenvalue weighted by Gasteiger charge is 2.20. The van der Waals surface area contributed by atoms with Crippen LogP contribution in [0.4, 0.5) is 5.82 Å². The molecule has 142 valence electrons. The van der Waals surface area contributed by atoms with Crippen LogP contribution in [0.1, 0.15) is 5.56 Å². The Morgan fingerprint density at radius 2 is 2.04 bits per heavy atom. The van der Waals surface area contributed by atoms with Gasteiger partial charge in [-0.3, -0.25) is 4.79 Å². The van der Waals surface area contributed by atoms with E-state index in [1.54, 1.807) is 16.8 Å². The number of hydrogen-bond donors (Lipinski definition) is 1. The Morgan fingerprint density at radius 3 is 2.68 bits per heavy atom. The Bertz CT molecular complexity index is 1050. The van der Waals surface area contributed by atoms with Gasteiger partial charge in [0.05, 0.1) is 10.7 Å². The van der Waals surface area contributed by atoms with E-state index in [4.69, 9.17) is 27.9 Å². The van der Waals surface area contributed by atoms with Crippen LogP contribution < -0.4 is 10.1 Å². The molecule has 0 atom stereocenters. The van der Waals surface area contributed by atoms with Gasteiger partial charge in [0.1, 0.15) is 22.4 Å². The van der Waals surface area contributed by atoms with E-state index < -0.39 is 5.91 Å². The van der Waals surface area contributed by atoms with Gasteiger partial charge in [0.15, 0.2) is 12.4 Å². The van der Waals surface area contributed by atoms with Crippen molar-refractivity contribution in [2.24, 2.45) is 0 Å². The molecule has 0 saturated carbocycles. The lowest BCUT2D eigenvalue weighted by molar-refractivity contribution is -0.118. The molecule has 6 nitrogen and oxygen atoms in total. The summed E-state index contributed by atoms with van der Waals surface area (Å²) < 4.78 is 7.04. The molecule has 1 aromatic heterocycles. The fourth-order valence-electron chi connectivity index (χ4n) is 2.43. The van der Waals surface area contributed by atoms with Crippen molar-refractivity contribution in [1.29, 1.82) is 5.26 Å². The van der Waals surface area contributed by atoms with E-state index in [-0.39, 0.29) is 18.0 Å². The number of carbonyl (C=O) groups is 1. The molecule has 9 heteroatoms. The van der Waals surface area contributed by atoms with Gasteiger partial charge in [0.2, 0.25) is 0 Å². The van der Waals surface area contributed by atoms with Crippen LogP contribution in [0.3, 0.4) is 0 Å². The molecule has 0 aliphatic heterocycles. The van der Waals surface area contributed by atoms with Crippen LogP contribution in [0, 0.1) is 11.3 Å². The van der Waals surface area contributed by atoms with Gasteiger partial charge in [-0.1, -0.05) is 41.4 Å². The van der Waals surface area contributed by atoms with Crippen LogP contribution in [0.25, 0.3) is 5.69 Å². The highest BCUT2D eigenvalue weighted by atomic mass is 35.5. The number of aromatic nitrogens is 2. The van der Waals surface area contributed by atoms with Crippen molar-refractivity contribution in [3.63, 3.8) is 0 Å². The number of thioether (sulfide) groups is 1. The molecule has 0 fully saturated rings. The van der Waals surface area contributed by atoms with E-state index >= 15 is 0 Å². The van der Waals surface area contributed by atoms with E-state index in [9.17, 15) is 10.1 Å². The quantitative estimate of drug-likeness (QED) is 0.566. The molecule has 0 aliphatic carbocycles. The number of nitrogens with zero attached hydrogens (tertiary/aromatic N) is 3. The third-order valence-corrected chi connectivity index (χ3v) is 4.95. The normalized spacial score (nSPS) is 10.4. The Labute approximate surface area is 176 Å². The van der Waals surface area contributed by atoms with Crippen LogP contribution in [0.5, 0.6) is 5.75 Å². The number of ether oxygens (including phenoxy) is 1. The first kappa shape index (κ1) is 20.1. The van der Waals surface area contributed by atoms with Gasteiger partial charge in [0, 0.05) is 5.02 Å². The third kappa shape index (κ3) is 4.42. The SMILES string of the molecule is CSc1c(C#N)c(NC(=O)COc2ccc(Cl)cc2Cl)nn1-c1ccccc1. The average molecular weight is 433 g/mol. The number of halogens is 2. The number of anilines is 1. The topological polar surface area (TPSA) is 79.9 Å². The molecule has 1 N–H and O–H groups in total. The second-order valence-electron chi connectivity index (χ2n) is 5.50. The van der Waals surface area contributed by atoms with Gasteiger partial charge >= 0.3 is 0 Å². The van der Waals surface area contributed by atoms with Crippen molar-refractivity contribution in [2.45, 2.75) is 5.03 Å². The number of rotatable bonds is 6. The standard InChI is InChI=1S/C19H14Cl2N4O2S/c1-28-19-14(10-22)18(24-25(19)13-5-3-2-4-6-13)23-17(26)11-27-16-8-7-12(20)9-15(16)21/h2-9H,11H2,1H3,(H,23,24,26). The number of nitriles is 1. The van der Waals surface area contributed by atoms with Crippen LogP contribution in [-0.2, 0) is 4.79 Å². The Balaban J connectivity index is 1.79. The van der Waals surface area contributed by atoms with Crippen molar-refractivity contribution in [3.05, 3.63) is 64.1 Å². The minimum Gasteiger partial charge on any atom is -0.482 e. The van der Waals surface area contributed by atoms with Gasteiger partial charge in [-0.25, -0.2) is 4.68 Å². The second kappa shape index (κ2) is 9.02. The molecule has 0 aliphatic rings. The highest BCUT2D eigenvalue weighted by molar-refractivity contribution is 7.98. The number of amides is 1. The van der Waals surface area contributed by atoms with Crippen molar-refractivity contribution in [3.8, 4) is 17.5 Å². The summed E-state index contributed by atoms with van der Waals surface area (Å²) in [5, 5.41) is 18.0. The maximum Gasteiger partial charge on any atom is 0.263 e. The van der Waals surface area contributed by atoms with E-state index in [0.717, 1.165) is 5.69 Å². The minimum absolute atomic E-state index is 0.173. The minimum atomic E-state index is -0.465. The molecule has 0 radical (unpaired) electrons. The molecule has 3 rings (SSSR count). The largest absolute Gasteiger partial charge is 0.482 e.